The average molecular weight is 468 g/mol. The third kappa shape index (κ3) is 6.18. The van der Waals surface area contributed by atoms with E-state index in [1.165, 1.54) is 0 Å². The minimum atomic E-state index is -0.658. The lowest BCUT2D eigenvalue weighted by Gasteiger charge is -2.19. The van der Waals surface area contributed by atoms with Gasteiger partial charge in [-0.1, -0.05) is 6.92 Å². The number of hydrogen-bond donors (Lipinski definition) is 4. The molecule has 0 aliphatic heterocycles. The Bertz CT molecular complexity index is 1140. The lowest BCUT2D eigenvalue weighted by atomic mass is 10.0. The number of aromatic nitrogens is 3. The number of hydrogen-bond acceptors (Lipinski definition) is 6. The second-order valence-corrected chi connectivity index (χ2v) is 8.97. The van der Waals surface area contributed by atoms with Crippen molar-refractivity contribution in [3.8, 4) is 5.75 Å². The quantitative estimate of drug-likeness (QED) is 0.351. The molecule has 0 aliphatic rings. The molecular formula is C25H33N5O4. The van der Waals surface area contributed by atoms with Gasteiger partial charge in [-0.2, -0.15) is 0 Å². The number of rotatable bonds is 9. The molecule has 0 saturated heterocycles. The van der Waals surface area contributed by atoms with Crippen molar-refractivity contribution in [2.75, 3.05) is 12.4 Å². The molecule has 1 aromatic carbocycles. The van der Waals surface area contributed by atoms with Gasteiger partial charge in [-0.15, -0.1) is 0 Å². The van der Waals surface area contributed by atoms with E-state index in [9.17, 15) is 9.59 Å². The van der Waals surface area contributed by atoms with Gasteiger partial charge in [0.15, 0.2) is 0 Å². The minimum absolute atomic E-state index is 0.244. The van der Waals surface area contributed by atoms with E-state index in [1.807, 2.05) is 58.9 Å². The highest BCUT2D eigenvalue weighted by atomic mass is 16.6. The predicted molar refractivity (Wildman–Crippen MR) is 130 cm³/mol. The standard InChI is InChI=1S/C25H33N5O4/c1-7-18-21(23(31)28-14-20-27-12-15(2)29-20)19(30-22(18)24(32)34-25(3,4)5)13-26-16-8-10-17(33-6)11-9-16/h8-12,26,30H,7,13-14H2,1-6H3,(H,27,29)(H,28,31). The van der Waals surface area contributed by atoms with Crippen LogP contribution in [-0.4, -0.2) is 39.5 Å². The molecule has 3 rings (SSSR count). The molecule has 0 fully saturated rings. The maximum atomic E-state index is 13.3. The summed E-state index contributed by atoms with van der Waals surface area (Å²) < 4.78 is 10.8. The molecule has 3 aromatic rings. The Balaban J connectivity index is 1.89. The number of nitrogens with one attached hydrogen (secondary N) is 4. The van der Waals surface area contributed by atoms with Crippen molar-refractivity contribution in [1.82, 2.24) is 20.3 Å². The molecule has 0 radical (unpaired) electrons. The molecule has 0 spiro atoms. The zero-order valence-corrected chi connectivity index (χ0v) is 20.6. The van der Waals surface area contributed by atoms with Gasteiger partial charge in [0.05, 0.1) is 25.8 Å². The zero-order valence-electron chi connectivity index (χ0n) is 20.6. The van der Waals surface area contributed by atoms with Crippen LogP contribution < -0.4 is 15.4 Å². The molecule has 34 heavy (non-hydrogen) atoms. The summed E-state index contributed by atoms with van der Waals surface area (Å²) in [7, 11) is 1.61. The molecule has 0 saturated carbocycles. The fourth-order valence-corrected chi connectivity index (χ4v) is 3.57. The first-order valence-electron chi connectivity index (χ1n) is 11.2. The number of carbonyl (C=O) groups is 2. The van der Waals surface area contributed by atoms with E-state index < -0.39 is 11.6 Å². The smallest absolute Gasteiger partial charge is 0.355 e. The lowest BCUT2D eigenvalue weighted by molar-refractivity contribution is 0.00622. The summed E-state index contributed by atoms with van der Waals surface area (Å²) in [5.74, 6) is 0.628. The Morgan fingerprint density at radius 1 is 1.09 bits per heavy atom. The Kier molecular flexibility index (Phi) is 7.65. The van der Waals surface area contributed by atoms with Crippen LogP contribution in [0.1, 0.15) is 71.3 Å². The molecule has 2 aromatic heterocycles. The van der Waals surface area contributed by atoms with Crippen LogP contribution in [0, 0.1) is 6.92 Å². The van der Waals surface area contributed by atoms with Crippen LogP contribution in [0.25, 0.3) is 0 Å². The molecule has 2 heterocycles. The largest absolute Gasteiger partial charge is 0.497 e. The third-order valence-electron chi connectivity index (χ3n) is 5.10. The number of H-pyrrole nitrogens is 2. The van der Waals surface area contributed by atoms with Crippen LogP contribution >= 0.6 is 0 Å². The Morgan fingerprint density at radius 2 is 1.79 bits per heavy atom. The number of aryl methyl sites for hydroxylation is 1. The first-order chi connectivity index (χ1) is 16.1. The van der Waals surface area contributed by atoms with Gasteiger partial charge in [-0.25, -0.2) is 9.78 Å². The Morgan fingerprint density at radius 3 is 2.35 bits per heavy atom. The molecule has 1 amide bonds. The number of anilines is 1. The summed E-state index contributed by atoms with van der Waals surface area (Å²) in [4.78, 5) is 36.7. The number of carbonyl (C=O) groups excluding carboxylic acids is 2. The van der Waals surface area contributed by atoms with Crippen molar-refractivity contribution in [2.24, 2.45) is 0 Å². The molecular weight excluding hydrogens is 434 g/mol. The topological polar surface area (TPSA) is 121 Å². The van der Waals surface area contributed by atoms with Crippen molar-refractivity contribution >= 4 is 17.6 Å². The normalized spacial score (nSPS) is 11.2. The van der Waals surface area contributed by atoms with Crippen LogP contribution in [-0.2, 0) is 24.2 Å². The number of methoxy groups -OCH3 is 1. The zero-order chi connectivity index (χ0) is 24.9. The average Bonchev–Trinajstić information content (AvgIpc) is 3.38. The number of nitrogens with zero attached hydrogens (tertiary/aromatic N) is 1. The van der Waals surface area contributed by atoms with Crippen molar-refractivity contribution < 1.29 is 19.1 Å². The number of amides is 1. The number of benzene rings is 1. The van der Waals surface area contributed by atoms with E-state index in [-0.39, 0.29) is 12.5 Å². The molecule has 0 unspecified atom stereocenters. The summed E-state index contributed by atoms with van der Waals surface area (Å²) in [5, 5.41) is 6.21. The summed E-state index contributed by atoms with van der Waals surface area (Å²) >= 11 is 0. The predicted octanol–water partition coefficient (Wildman–Crippen LogP) is 4.11. The summed E-state index contributed by atoms with van der Waals surface area (Å²) in [6.45, 7) is 9.79. The first-order valence-corrected chi connectivity index (χ1v) is 11.2. The first kappa shape index (κ1) is 24.9. The SMILES string of the molecule is CCc1c(C(=O)OC(C)(C)C)[nH]c(CNc2ccc(OC)cc2)c1C(=O)NCc1ncc(C)[nH]1. The van der Waals surface area contributed by atoms with E-state index in [0.717, 1.165) is 17.1 Å². The van der Waals surface area contributed by atoms with Crippen LogP contribution in [0.2, 0.25) is 0 Å². The highest BCUT2D eigenvalue weighted by molar-refractivity contribution is 6.01. The number of aromatic amines is 2. The van der Waals surface area contributed by atoms with E-state index in [2.05, 4.69) is 25.6 Å². The van der Waals surface area contributed by atoms with E-state index >= 15 is 0 Å². The van der Waals surface area contributed by atoms with E-state index in [0.29, 0.717) is 41.3 Å². The van der Waals surface area contributed by atoms with E-state index in [4.69, 9.17) is 9.47 Å². The monoisotopic (exact) mass is 467 g/mol. The molecule has 182 valence electrons. The van der Waals surface area contributed by atoms with Crippen LogP contribution in [0.3, 0.4) is 0 Å². The van der Waals surface area contributed by atoms with Crippen molar-refractivity contribution in [2.45, 2.75) is 59.7 Å². The highest BCUT2D eigenvalue weighted by Gasteiger charge is 2.28. The minimum Gasteiger partial charge on any atom is -0.497 e. The maximum absolute atomic E-state index is 13.3. The van der Waals surface area contributed by atoms with Gasteiger partial charge in [-0.05, 0) is 63.9 Å². The van der Waals surface area contributed by atoms with Crippen LogP contribution in [0.4, 0.5) is 5.69 Å². The van der Waals surface area contributed by atoms with Crippen molar-refractivity contribution in [3.05, 3.63) is 64.5 Å². The van der Waals surface area contributed by atoms with Crippen LogP contribution in [0.5, 0.6) is 5.75 Å². The van der Waals surface area contributed by atoms with Gasteiger partial charge >= 0.3 is 5.97 Å². The van der Waals surface area contributed by atoms with Crippen molar-refractivity contribution in [3.63, 3.8) is 0 Å². The number of esters is 1. The molecule has 9 heteroatoms. The van der Waals surface area contributed by atoms with Gasteiger partial charge in [0, 0.05) is 23.3 Å². The number of ether oxygens (including phenoxy) is 2. The molecule has 9 nitrogen and oxygen atoms in total. The third-order valence-corrected chi connectivity index (χ3v) is 5.10. The summed E-state index contributed by atoms with van der Waals surface area (Å²) in [6, 6.07) is 7.46. The highest BCUT2D eigenvalue weighted by Crippen LogP contribution is 2.24. The van der Waals surface area contributed by atoms with Gasteiger partial charge in [0.2, 0.25) is 0 Å². The summed E-state index contributed by atoms with van der Waals surface area (Å²) in [6.07, 6.45) is 2.19. The van der Waals surface area contributed by atoms with Gasteiger partial charge in [-0.3, -0.25) is 4.79 Å². The fraction of sp³-hybridized carbons (Fsp3) is 0.400. The van der Waals surface area contributed by atoms with Gasteiger partial charge in [0.25, 0.3) is 5.91 Å². The molecule has 0 aliphatic carbocycles. The van der Waals surface area contributed by atoms with Crippen LogP contribution in [0.15, 0.2) is 30.5 Å². The lowest BCUT2D eigenvalue weighted by Crippen LogP contribution is -2.26. The van der Waals surface area contributed by atoms with Gasteiger partial charge < -0.3 is 30.1 Å². The Hall–Kier alpha value is -3.75. The fourth-order valence-electron chi connectivity index (χ4n) is 3.57. The second kappa shape index (κ2) is 10.5. The number of imidazole rings is 1. The second-order valence-electron chi connectivity index (χ2n) is 8.97. The molecule has 0 bridgehead atoms. The Labute approximate surface area is 199 Å². The van der Waals surface area contributed by atoms with Gasteiger partial charge in [0.1, 0.15) is 22.9 Å². The maximum Gasteiger partial charge on any atom is 0.355 e. The molecule has 0 atom stereocenters. The van der Waals surface area contributed by atoms with Crippen molar-refractivity contribution in [1.29, 1.82) is 0 Å². The van der Waals surface area contributed by atoms with E-state index in [1.54, 1.807) is 13.3 Å². The molecule has 4 N–H and O–H groups in total. The summed E-state index contributed by atoms with van der Waals surface area (Å²) in [5.41, 5.74) is 3.06.